The van der Waals surface area contributed by atoms with Crippen LogP contribution in [0.25, 0.3) is 0 Å². The first-order valence-corrected chi connectivity index (χ1v) is 8.48. The van der Waals surface area contributed by atoms with Crippen molar-refractivity contribution < 1.29 is 14.0 Å². The zero-order valence-electron chi connectivity index (χ0n) is 14.2. The number of aromatic nitrogens is 1. The molecule has 0 saturated carbocycles. The maximum atomic E-state index is 12.2. The SMILES string of the molecule is CC(NC(=O)c1ccoc1)C(=O)Nc1ccc(N2CCCCC2)cn1. The maximum absolute atomic E-state index is 12.2. The molecule has 2 aromatic heterocycles. The molecule has 25 heavy (non-hydrogen) atoms. The van der Waals surface area contributed by atoms with Crippen molar-refractivity contribution in [1.29, 1.82) is 0 Å². The van der Waals surface area contributed by atoms with Crippen LogP contribution in [0, 0.1) is 0 Å². The topological polar surface area (TPSA) is 87.5 Å². The van der Waals surface area contributed by atoms with Gasteiger partial charge in [-0.15, -0.1) is 0 Å². The number of carbonyl (C=O) groups is 2. The number of nitrogens with zero attached hydrogens (tertiary/aromatic N) is 2. The third kappa shape index (κ3) is 4.37. The number of hydrogen-bond acceptors (Lipinski definition) is 5. The molecular formula is C18H22N4O3. The Labute approximate surface area is 146 Å². The van der Waals surface area contributed by atoms with Crippen molar-refractivity contribution in [1.82, 2.24) is 10.3 Å². The lowest BCUT2D eigenvalue weighted by Crippen LogP contribution is -2.41. The second kappa shape index (κ2) is 7.83. The van der Waals surface area contributed by atoms with Gasteiger partial charge in [0, 0.05) is 13.1 Å². The molecule has 0 aliphatic carbocycles. The number of amides is 2. The van der Waals surface area contributed by atoms with Crippen LogP contribution in [0.2, 0.25) is 0 Å². The summed E-state index contributed by atoms with van der Waals surface area (Å²) in [7, 11) is 0. The summed E-state index contributed by atoms with van der Waals surface area (Å²) in [6.45, 7) is 3.71. The van der Waals surface area contributed by atoms with Crippen molar-refractivity contribution in [2.75, 3.05) is 23.3 Å². The van der Waals surface area contributed by atoms with Gasteiger partial charge < -0.3 is 20.0 Å². The standard InChI is InChI=1S/C18H22N4O3/c1-13(20-18(24)14-7-10-25-12-14)17(23)21-16-6-5-15(11-19-16)22-8-3-2-4-9-22/h5-7,10-13H,2-4,8-9H2,1H3,(H,20,24)(H,19,21,23). The zero-order chi connectivity index (χ0) is 17.6. The van der Waals surface area contributed by atoms with Gasteiger partial charge in [0.2, 0.25) is 5.91 Å². The summed E-state index contributed by atoms with van der Waals surface area (Å²) in [4.78, 5) is 30.7. The Morgan fingerprint density at radius 3 is 2.64 bits per heavy atom. The molecule has 1 unspecified atom stereocenters. The van der Waals surface area contributed by atoms with E-state index in [0.717, 1.165) is 18.8 Å². The smallest absolute Gasteiger partial charge is 0.255 e. The molecule has 0 bridgehead atoms. The number of furan rings is 1. The summed E-state index contributed by atoms with van der Waals surface area (Å²) in [5.74, 6) is -0.213. The van der Waals surface area contributed by atoms with E-state index in [1.54, 1.807) is 25.3 Å². The highest BCUT2D eigenvalue weighted by molar-refractivity contribution is 6.00. The number of nitrogens with one attached hydrogen (secondary N) is 2. The minimum atomic E-state index is -0.689. The van der Waals surface area contributed by atoms with Crippen molar-refractivity contribution in [2.45, 2.75) is 32.2 Å². The molecule has 1 saturated heterocycles. The molecule has 2 N–H and O–H groups in total. The van der Waals surface area contributed by atoms with Gasteiger partial charge in [0.1, 0.15) is 18.1 Å². The molecule has 1 fully saturated rings. The maximum Gasteiger partial charge on any atom is 0.255 e. The van der Waals surface area contributed by atoms with Gasteiger partial charge in [-0.2, -0.15) is 0 Å². The molecule has 3 rings (SSSR count). The van der Waals surface area contributed by atoms with Gasteiger partial charge in [0.15, 0.2) is 0 Å². The molecule has 1 aliphatic heterocycles. The Morgan fingerprint density at radius 1 is 1.20 bits per heavy atom. The van der Waals surface area contributed by atoms with Crippen molar-refractivity contribution in [3.05, 3.63) is 42.5 Å². The normalized spacial score (nSPS) is 15.5. The number of rotatable bonds is 5. The van der Waals surface area contributed by atoms with Crippen LogP contribution in [0.3, 0.4) is 0 Å². The molecule has 0 spiro atoms. The molecule has 7 nitrogen and oxygen atoms in total. The lowest BCUT2D eigenvalue weighted by molar-refractivity contribution is -0.117. The van der Waals surface area contributed by atoms with Crippen LogP contribution in [0.4, 0.5) is 11.5 Å². The first-order chi connectivity index (χ1) is 12.1. The van der Waals surface area contributed by atoms with E-state index in [4.69, 9.17) is 4.42 Å². The summed E-state index contributed by atoms with van der Waals surface area (Å²) in [5.41, 5.74) is 1.45. The largest absolute Gasteiger partial charge is 0.472 e. The second-order valence-electron chi connectivity index (χ2n) is 6.15. The number of piperidine rings is 1. The lowest BCUT2D eigenvalue weighted by atomic mass is 10.1. The van der Waals surface area contributed by atoms with Gasteiger partial charge in [0.05, 0.1) is 23.7 Å². The van der Waals surface area contributed by atoms with Gasteiger partial charge in [-0.25, -0.2) is 4.98 Å². The molecular weight excluding hydrogens is 320 g/mol. The molecule has 0 radical (unpaired) electrons. The highest BCUT2D eigenvalue weighted by Gasteiger charge is 2.18. The Balaban J connectivity index is 1.54. The Kier molecular flexibility index (Phi) is 5.33. The Morgan fingerprint density at radius 2 is 2.00 bits per heavy atom. The fourth-order valence-electron chi connectivity index (χ4n) is 2.77. The van der Waals surface area contributed by atoms with Crippen LogP contribution < -0.4 is 15.5 Å². The molecule has 1 atom stereocenters. The number of pyridine rings is 1. The van der Waals surface area contributed by atoms with E-state index in [9.17, 15) is 9.59 Å². The zero-order valence-corrected chi connectivity index (χ0v) is 14.2. The van der Waals surface area contributed by atoms with E-state index in [-0.39, 0.29) is 11.8 Å². The minimum absolute atomic E-state index is 0.324. The number of anilines is 2. The fraction of sp³-hybridized carbons (Fsp3) is 0.389. The summed E-state index contributed by atoms with van der Waals surface area (Å²) in [6, 6.07) is 4.60. The lowest BCUT2D eigenvalue weighted by Gasteiger charge is -2.28. The van der Waals surface area contributed by atoms with E-state index in [2.05, 4.69) is 20.5 Å². The molecule has 132 valence electrons. The number of hydrogen-bond donors (Lipinski definition) is 2. The quantitative estimate of drug-likeness (QED) is 0.871. The summed E-state index contributed by atoms with van der Waals surface area (Å²) < 4.78 is 4.86. The van der Waals surface area contributed by atoms with Crippen LogP contribution in [-0.4, -0.2) is 35.9 Å². The predicted molar refractivity (Wildman–Crippen MR) is 94.6 cm³/mol. The van der Waals surface area contributed by atoms with E-state index < -0.39 is 6.04 Å². The average Bonchev–Trinajstić information content (AvgIpc) is 3.18. The summed E-state index contributed by atoms with van der Waals surface area (Å²) in [5, 5.41) is 5.33. The van der Waals surface area contributed by atoms with Crippen molar-refractivity contribution in [3.63, 3.8) is 0 Å². The molecule has 2 amide bonds. The summed E-state index contributed by atoms with van der Waals surface area (Å²) in [6.07, 6.45) is 8.20. The fourth-order valence-corrected chi connectivity index (χ4v) is 2.77. The first-order valence-electron chi connectivity index (χ1n) is 8.48. The monoisotopic (exact) mass is 342 g/mol. The minimum Gasteiger partial charge on any atom is -0.472 e. The highest BCUT2D eigenvalue weighted by atomic mass is 16.3. The second-order valence-corrected chi connectivity index (χ2v) is 6.15. The van der Waals surface area contributed by atoms with Crippen LogP contribution in [-0.2, 0) is 4.79 Å². The Bertz CT molecular complexity index is 706. The average molecular weight is 342 g/mol. The Hall–Kier alpha value is -2.83. The van der Waals surface area contributed by atoms with Crippen LogP contribution in [0.1, 0.15) is 36.5 Å². The third-order valence-corrected chi connectivity index (χ3v) is 4.24. The highest BCUT2D eigenvalue weighted by Crippen LogP contribution is 2.20. The van der Waals surface area contributed by atoms with E-state index >= 15 is 0 Å². The van der Waals surface area contributed by atoms with Crippen LogP contribution in [0.5, 0.6) is 0 Å². The van der Waals surface area contributed by atoms with Crippen LogP contribution >= 0.6 is 0 Å². The molecule has 2 aromatic rings. The third-order valence-electron chi connectivity index (χ3n) is 4.24. The molecule has 0 aromatic carbocycles. The molecule has 7 heteroatoms. The number of carbonyl (C=O) groups excluding carboxylic acids is 2. The van der Waals surface area contributed by atoms with E-state index in [1.807, 2.05) is 6.07 Å². The van der Waals surface area contributed by atoms with E-state index in [0.29, 0.717) is 11.4 Å². The predicted octanol–water partition coefficient (Wildman–Crippen LogP) is 2.42. The molecule has 3 heterocycles. The van der Waals surface area contributed by atoms with Gasteiger partial charge in [-0.3, -0.25) is 9.59 Å². The van der Waals surface area contributed by atoms with Crippen molar-refractivity contribution in [2.24, 2.45) is 0 Å². The van der Waals surface area contributed by atoms with E-state index in [1.165, 1.54) is 31.8 Å². The van der Waals surface area contributed by atoms with Crippen molar-refractivity contribution >= 4 is 23.3 Å². The van der Waals surface area contributed by atoms with Crippen LogP contribution in [0.15, 0.2) is 41.3 Å². The van der Waals surface area contributed by atoms with Gasteiger partial charge in [-0.1, -0.05) is 0 Å². The van der Waals surface area contributed by atoms with Gasteiger partial charge in [0.25, 0.3) is 5.91 Å². The first kappa shape index (κ1) is 17.0. The molecule has 1 aliphatic rings. The summed E-state index contributed by atoms with van der Waals surface area (Å²) >= 11 is 0. The van der Waals surface area contributed by atoms with Gasteiger partial charge in [-0.05, 0) is 44.4 Å². The van der Waals surface area contributed by atoms with Gasteiger partial charge >= 0.3 is 0 Å². The van der Waals surface area contributed by atoms with Crippen molar-refractivity contribution in [3.8, 4) is 0 Å².